The minimum Gasteiger partial charge on any atom is -0.375 e. The molecule has 2 aliphatic rings. The fraction of sp³-hybridized carbons (Fsp3) is 0.171. The molecule has 0 spiro atoms. The molecule has 4 aromatic carbocycles. The maximum absolute atomic E-state index is 13.2. The number of fused-ring (bicyclic) bond motifs is 4. The SMILES string of the molecule is C(C=Cc1ccccc1)=Cc1ccccc1.C=C1c2ccccc2C2=C(c3ccccc31)C(C[Si](=O)N(C)C(C)(C)C)C=C2.[Ti]. The zero-order valence-electron chi connectivity index (χ0n) is 26.7. The number of nitrogens with zero attached hydrogens (tertiary/aromatic N) is 1. The number of rotatable bonds is 6. The molecule has 4 aromatic rings. The normalized spacial score (nSPS) is 15.0. The molecule has 6 rings (SSSR count). The maximum Gasteiger partial charge on any atom is 0.395 e. The van der Waals surface area contributed by atoms with Crippen LogP contribution in [0.1, 0.15) is 54.2 Å². The first kappa shape index (κ1) is 34.0. The van der Waals surface area contributed by atoms with Crippen LogP contribution in [0.15, 0.2) is 140 Å². The van der Waals surface area contributed by atoms with Crippen molar-refractivity contribution < 1.29 is 26.2 Å². The van der Waals surface area contributed by atoms with Crippen molar-refractivity contribution in [3.63, 3.8) is 0 Å². The summed E-state index contributed by atoms with van der Waals surface area (Å²) in [5.41, 5.74) is 10.8. The second-order valence-corrected chi connectivity index (χ2v) is 14.1. The van der Waals surface area contributed by atoms with E-state index in [-0.39, 0.29) is 33.2 Å². The molecule has 0 amide bonds. The molecule has 0 heterocycles. The molecule has 0 bridgehead atoms. The molecule has 1 atom stereocenters. The maximum atomic E-state index is 13.2. The van der Waals surface area contributed by atoms with Crippen molar-refractivity contribution in [3.05, 3.63) is 173 Å². The second-order valence-electron chi connectivity index (χ2n) is 12.2. The Balaban J connectivity index is 0.000000231. The van der Waals surface area contributed by atoms with Crippen molar-refractivity contribution in [2.24, 2.45) is 5.92 Å². The predicted molar refractivity (Wildman–Crippen MR) is 190 cm³/mol. The van der Waals surface area contributed by atoms with E-state index >= 15 is 0 Å². The topological polar surface area (TPSA) is 20.3 Å². The standard InChI is InChI=1S/C25H27NOSi.C16H14.Ti/c1-17-19-10-6-8-12-21(19)23-15-14-18(16-28(27)26(5)25(2,3)4)24(23)22-13-9-7-11-20(17)22;1-3-9-15(10-4-1)13-7-8-14-16-11-5-2-6-12-16;/h6-15,18H,1,16H2,2-5H3;1-14H;. The Hall–Kier alpha value is -3.89. The fourth-order valence-corrected chi connectivity index (χ4v) is 7.35. The van der Waals surface area contributed by atoms with Crippen LogP contribution in [0.2, 0.25) is 6.04 Å². The average molecular weight is 640 g/mol. The van der Waals surface area contributed by atoms with Crippen molar-refractivity contribution in [1.82, 2.24) is 4.57 Å². The molecule has 0 saturated heterocycles. The van der Waals surface area contributed by atoms with Crippen LogP contribution in [0.4, 0.5) is 0 Å². The van der Waals surface area contributed by atoms with E-state index in [1.165, 1.54) is 44.5 Å². The Morgan fingerprint density at radius 1 is 0.711 bits per heavy atom. The zero-order chi connectivity index (χ0) is 31.1. The third-order valence-corrected chi connectivity index (χ3v) is 10.5. The molecule has 224 valence electrons. The van der Waals surface area contributed by atoms with Crippen LogP contribution in [0, 0.1) is 5.92 Å². The molecule has 0 aromatic heterocycles. The summed E-state index contributed by atoms with van der Waals surface area (Å²) >= 11 is 0. The van der Waals surface area contributed by atoms with Crippen LogP contribution >= 0.6 is 0 Å². The van der Waals surface area contributed by atoms with Crippen molar-refractivity contribution >= 4 is 37.7 Å². The van der Waals surface area contributed by atoms with E-state index in [2.05, 4.69) is 137 Å². The van der Waals surface area contributed by atoms with Crippen molar-refractivity contribution in [2.45, 2.75) is 32.4 Å². The van der Waals surface area contributed by atoms with E-state index in [1.807, 2.05) is 48.0 Å². The van der Waals surface area contributed by atoms with Gasteiger partial charge in [0.1, 0.15) is 0 Å². The number of benzene rings is 4. The van der Waals surface area contributed by atoms with Crippen LogP contribution < -0.4 is 0 Å². The van der Waals surface area contributed by atoms with Crippen LogP contribution in [-0.2, 0) is 26.2 Å². The molecule has 0 N–H and O–H groups in total. The number of hydrogen-bond acceptors (Lipinski definition) is 1. The smallest absolute Gasteiger partial charge is 0.375 e. The third kappa shape index (κ3) is 8.23. The monoisotopic (exact) mass is 639 g/mol. The minimum atomic E-state index is -1.89. The van der Waals surface area contributed by atoms with Gasteiger partial charge in [0.2, 0.25) is 0 Å². The predicted octanol–water partition coefficient (Wildman–Crippen LogP) is 10.2. The summed E-state index contributed by atoms with van der Waals surface area (Å²) in [5, 5.41) is 0. The van der Waals surface area contributed by atoms with Gasteiger partial charge in [0.05, 0.1) is 0 Å². The van der Waals surface area contributed by atoms with E-state index in [9.17, 15) is 4.46 Å². The van der Waals surface area contributed by atoms with Gasteiger partial charge in [-0.2, -0.15) is 0 Å². The van der Waals surface area contributed by atoms with Gasteiger partial charge in [-0.15, -0.1) is 0 Å². The molecule has 0 radical (unpaired) electrons. The van der Waals surface area contributed by atoms with Crippen molar-refractivity contribution in [3.8, 4) is 0 Å². The van der Waals surface area contributed by atoms with Gasteiger partial charge in [0.25, 0.3) is 0 Å². The van der Waals surface area contributed by atoms with Gasteiger partial charge < -0.3 is 9.03 Å². The summed E-state index contributed by atoms with van der Waals surface area (Å²) < 4.78 is 15.2. The minimum absolute atomic E-state index is 0. The number of hydrogen-bond donors (Lipinski definition) is 0. The summed E-state index contributed by atoms with van der Waals surface area (Å²) in [7, 11) is 0.0943. The van der Waals surface area contributed by atoms with E-state index in [1.54, 1.807) is 0 Å². The fourth-order valence-electron chi connectivity index (χ4n) is 5.62. The molecule has 0 saturated carbocycles. The van der Waals surface area contributed by atoms with Gasteiger partial charge in [0.15, 0.2) is 0 Å². The molecular formula is C41H41NOSiTi. The molecule has 1 unspecified atom stereocenters. The largest absolute Gasteiger partial charge is 0.395 e. The molecule has 45 heavy (non-hydrogen) atoms. The third-order valence-electron chi connectivity index (χ3n) is 8.30. The van der Waals surface area contributed by atoms with E-state index < -0.39 is 8.84 Å². The molecule has 0 aliphatic heterocycles. The Bertz CT molecular complexity index is 1710. The quantitative estimate of drug-likeness (QED) is 0.155. The van der Waals surface area contributed by atoms with Crippen LogP contribution in [-0.4, -0.2) is 26.0 Å². The van der Waals surface area contributed by atoms with Crippen molar-refractivity contribution in [1.29, 1.82) is 0 Å². The summed E-state index contributed by atoms with van der Waals surface area (Å²) in [6, 6.07) is 38.2. The van der Waals surface area contributed by atoms with Gasteiger partial charge >= 0.3 is 8.84 Å². The Labute approximate surface area is 285 Å². The van der Waals surface area contributed by atoms with Crippen molar-refractivity contribution in [2.75, 3.05) is 7.05 Å². The van der Waals surface area contributed by atoms with Gasteiger partial charge in [-0.05, 0) is 70.9 Å². The average Bonchev–Trinajstić information content (AvgIpc) is 3.42. The van der Waals surface area contributed by atoms with Crippen LogP contribution in [0.25, 0.3) is 28.9 Å². The first-order chi connectivity index (χ1) is 21.2. The van der Waals surface area contributed by atoms with Gasteiger partial charge in [-0.3, -0.25) is 0 Å². The second kappa shape index (κ2) is 15.4. The van der Waals surface area contributed by atoms with Crippen LogP contribution in [0.5, 0.6) is 0 Å². The number of allylic oxidation sites excluding steroid dienone is 6. The Morgan fingerprint density at radius 2 is 1.16 bits per heavy atom. The summed E-state index contributed by atoms with van der Waals surface area (Å²) in [6.45, 7) is 10.8. The summed E-state index contributed by atoms with van der Waals surface area (Å²) in [6.07, 6.45) is 12.8. The zero-order valence-corrected chi connectivity index (χ0v) is 29.3. The van der Waals surface area contributed by atoms with Gasteiger partial charge in [0, 0.05) is 46.3 Å². The molecular weight excluding hydrogens is 598 g/mol. The Morgan fingerprint density at radius 3 is 1.67 bits per heavy atom. The summed E-state index contributed by atoms with van der Waals surface area (Å²) in [5.74, 6) is 0.159. The Kier molecular flexibility index (Phi) is 11.6. The first-order valence-electron chi connectivity index (χ1n) is 15.3. The van der Waals surface area contributed by atoms with E-state index in [0.717, 1.165) is 5.57 Å². The van der Waals surface area contributed by atoms with E-state index in [4.69, 9.17) is 0 Å². The molecule has 4 heteroatoms. The van der Waals surface area contributed by atoms with Gasteiger partial charge in [-0.25, -0.2) is 0 Å². The van der Waals surface area contributed by atoms with E-state index in [0.29, 0.717) is 6.04 Å². The molecule has 2 nitrogen and oxygen atoms in total. The van der Waals surface area contributed by atoms with Crippen LogP contribution in [0.3, 0.4) is 0 Å². The summed E-state index contributed by atoms with van der Waals surface area (Å²) in [4.78, 5) is 0. The first-order valence-corrected chi connectivity index (χ1v) is 16.8. The molecule has 0 fully saturated rings. The van der Waals surface area contributed by atoms with Gasteiger partial charge in [-0.1, -0.05) is 152 Å². The molecule has 2 aliphatic carbocycles.